The Balaban J connectivity index is 1.75. The van der Waals surface area contributed by atoms with E-state index in [1.165, 1.54) is 11.3 Å². The van der Waals surface area contributed by atoms with E-state index in [4.69, 9.17) is 0 Å². The van der Waals surface area contributed by atoms with E-state index in [2.05, 4.69) is 5.32 Å². The minimum Gasteiger partial charge on any atom is -0.343 e. The molecule has 2 heterocycles. The number of nitrogens with one attached hydrogen (secondary N) is 1. The largest absolute Gasteiger partial charge is 0.343 e. The number of carbonyl (C=O) groups is 3. The van der Waals surface area contributed by atoms with E-state index in [0.29, 0.717) is 13.0 Å². The molecule has 2 saturated heterocycles. The number of likely N-dealkylation sites (tertiary alicyclic amines) is 2. The summed E-state index contributed by atoms with van der Waals surface area (Å²) in [5, 5.41) is 3.06. The molecule has 1 unspecified atom stereocenters. The van der Waals surface area contributed by atoms with E-state index in [-0.39, 0.29) is 30.2 Å². The van der Waals surface area contributed by atoms with Gasteiger partial charge in [0.05, 0.1) is 12.5 Å². The van der Waals surface area contributed by atoms with Gasteiger partial charge in [-0.25, -0.2) is 0 Å². The Labute approximate surface area is 125 Å². The summed E-state index contributed by atoms with van der Waals surface area (Å²) in [5.41, 5.74) is 0. The third-order valence-corrected chi connectivity index (χ3v) is 4.14. The molecule has 6 heteroatoms. The van der Waals surface area contributed by atoms with Crippen molar-refractivity contribution < 1.29 is 14.4 Å². The van der Waals surface area contributed by atoms with E-state index in [9.17, 15) is 14.4 Å². The normalized spacial score (nSPS) is 23.3. The van der Waals surface area contributed by atoms with Crippen molar-refractivity contribution in [1.29, 1.82) is 0 Å². The van der Waals surface area contributed by atoms with Crippen molar-refractivity contribution in [3.63, 3.8) is 0 Å². The van der Waals surface area contributed by atoms with Crippen LogP contribution < -0.4 is 5.32 Å². The van der Waals surface area contributed by atoms with Crippen molar-refractivity contribution in [3.8, 4) is 0 Å². The molecule has 0 radical (unpaired) electrons. The first-order valence-electron chi connectivity index (χ1n) is 7.87. The molecule has 2 aliphatic heterocycles. The van der Waals surface area contributed by atoms with Crippen molar-refractivity contribution in [2.75, 3.05) is 19.6 Å². The molecule has 2 fully saturated rings. The molecule has 21 heavy (non-hydrogen) atoms. The monoisotopic (exact) mass is 295 g/mol. The SMILES string of the molecule is CC(C)N1C(=O)CC(NCCC(=O)N2CCCCC2)C1=O. The highest BCUT2D eigenvalue weighted by Crippen LogP contribution is 2.16. The number of carbonyl (C=O) groups excluding carboxylic acids is 3. The molecule has 0 aromatic heterocycles. The van der Waals surface area contributed by atoms with Crippen molar-refractivity contribution in [1.82, 2.24) is 15.1 Å². The predicted molar refractivity (Wildman–Crippen MR) is 78.4 cm³/mol. The molecular weight excluding hydrogens is 270 g/mol. The zero-order valence-electron chi connectivity index (χ0n) is 12.9. The summed E-state index contributed by atoms with van der Waals surface area (Å²) in [5.74, 6) is -0.157. The molecule has 2 aliphatic rings. The Hall–Kier alpha value is -1.43. The Morgan fingerprint density at radius 1 is 1.24 bits per heavy atom. The van der Waals surface area contributed by atoms with Gasteiger partial charge < -0.3 is 10.2 Å². The van der Waals surface area contributed by atoms with Crippen LogP contribution in [-0.4, -0.2) is 59.2 Å². The maximum absolute atomic E-state index is 12.1. The number of nitrogens with zero attached hydrogens (tertiary/aromatic N) is 2. The fraction of sp³-hybridized carbons (Fsp3) is 0.800. The van der Waals surface area contributed by atoms with Crippen LogP contribution in [-0.2, 0) is 14.4 Å². The van der Waals surface area contributed by atoms with Crippen LogP contribution in [0.3, 0.4) is 0 Å². The summed E-state index contributed by atoms with van der Waals surface area (Å²) in [4.78, 5) is 39.1. The van der Waals surface area contributed by atoms with Gasteiger partial charge in [-0.05, 0) is 33.1 Å². The standard InChI is InChI=1S/C15H25N3O3/c1-11(2)18-14(20)10-12(15(18)21)16-7-6-13(19)17-8-4-3-5-9-17/h11-12,16H,3-10H2,1-2H3. The molecule has 1 atom stereocenters. The van der Waals surface area contributed by atoms with Crippen LogP contribution >= 0.6 is 0 Å². The van der Waals surface area contributed by atoms with Crippen LogP contribution in [0.25, 0.3) is 0 Å². The zero-order valence-corrected chi connectivity index (χ0v) is 12.9. The van der Waals surface area contributed by atoms with Crippen molar-refractivity contribution in [2.45, 2.75) is 58.0 Å². The van der Waals surface area contributed by atoms with E-state index < -0.39 is 6.04 Å². The van der Waals surface area contributed by atoms with E-state index in [1.807, 2.05) is 18.7 Å². The van der Waals surface area contributed by atoms with Crippen LogP contribution in [0.5, 0.6) is 0 Å². The second-order valence-corrected chi connectivity index (χ2v) is 6.10. The third-order valence-electron chi connectivity index (χ3n) is 4.14. The topological polar surface area (TPSA) is 69.7 Å². The molecule has 1 N–H and O–H groups in total. The van der Waals surface area contributed by atoms with Crippen LogP contribution in [0.1, 0.15) is 46.0 Å². The second kappa shape index (κ2) is 7.02. The molecule has 6 nitrogen and oxygen atoms in total. The molecule has 0 bridgehead atoms. The number of rotatable bonds is 5. The minimum absolute atomic E-state index is 0.105. The maximum Gasteiger partial charge on any atom is 0.247 e. The zero-order chi connectivity index (χ0) is 15.4. The smallest absolute Gasteiger partial charge is 0.247 e. The third kappa shape index (κ3) is 3.81. The summed E-state index contributed by atoms with van der Waals surface area (Å²) in [6.07, 6.45) is 3.95. The van der Waals surface area contributed by atoms with Gasteiger partial charge in [-0.15, -0.1) is 0 Å². The molecule has 0 spiro atoms. The van der Waals surface area contributed by atoms with E-state index >= 15 is 0 Å². The van der Waals surface area contributed by atoms with Gasteiger partial charge in [0.25, 0.3) is 0 Å². The van der Waals surface area contributed by atoms with E-state index in [1.54, 1.807) is 0 Å². The lowest BCUT2D eigenvalue weighted by Crippen LogP contribution is -2.43. The Kier molecular flexibility index (Phi) is 5.33. The second-order valence-electron chi connectivity index (χ2n) is 6.10. The molecule has 0 saturated carbocycles. The van der Waals surface area contributed by atoms with Crippen LogP contribution in [0, 0.1) is 0 Å². The van der Waals surface area contributed by atoms with Gasteiger partial charge >= 0.3 is 0 Å². The predicted octanol–water partition coefficient (Wildman–Crippen LogP) is 0.515. The summed E-state index contributed by atoms with van der Waals surface area (Å²) >= 11 is 0. The molecular formula is C15H25N3O3. The quantitative estimate of drug-likeness (QED) is 0.751. The van der Waals surface area contributed by atoms with Crippen molar-refractivity contribution >= 4 is 17.7 Å². The number of imide groups is 1. The molecule has 0 aliphatic carbocycles. The lowest BCUT2D eigenvalue weighted by molar-refractivity contribution is -0.141. The van der Waals surface area contributed by atoms with Gasteiger partial charge in [0.15, 0.2) is 0 Å². The van der Waals surface area contributed by atoms with Gasteiger partial charge in [0.1, 0.15) is 0 Å². The fourth-order valence-corrected chi connectivity index (χ4v) is 3.01. The summed E-state index contributed by atoms with van der Waals surface area (Å²) in [7, 11) is 0. The van der Waals surface area contributed by atoms with Gasteiger partial charge in [0, 0.05) is 32.1 Å². The molecule has 0 aromatic rings. The molecule has 3 amide bonds. The lowest BCUT2D eigenvalue weighted by Gasteiger charge is -2.27. The summed E-state index contributed by atoms with van der Waals surface area (Å²) in [6.45, 7) is 5.81. The van der Waals surface area contributed by atoms with Gasteiger partial charge in [-0.1, -0.05) is 0 Å². The highest BCUT2D eigenvalue weighted by atomic mass is 16.2. The van der Waals surface area contributed by atoms with E-state index in [0.717, 1.165) is 25.9 Å². The highest BCUT2D eigenvalue weighted by Gasteiger charge is 2.39. The maximum atomic E-state index is 12.1. The minimum atomic E-state index is -0.464. The first kappa shape index (κ1) is 15.9. The number of hydrogen-bond donors (Lipinski definition) is 1. The molecule has 0 aromatic carbocycles. The molecule has 2 rings (SSSR count). The summed E-state index contributed by atoms with van der Waals surface area (Å²) < 4.78 is 0. The number of amides is 3. The Morgan fingerprint density at radius 2 is 1.90 bits per heavy atom. The first-order valence-corrected chi connectivity index (χ1v) is 7.87. The fourth-order valence-electron chi connectivity index (χ4n) is 3.01. The Bertz CT molecular complexity index is 416. The van der Waals surface area contributed by atoms with Crippen molar-refractivity contribution in [2.24, 2.45) is 0 Å². The van der Waals surface area contributed by atoms with Crippen LogP contribution in [0.15, 0.2) is 0 Å². The number of hydrogen-bond acceptors (Lipinski definition) is 4. The van der Waals surface area contributed by atoms with Crippen LogP contribution in [0.4, 0.5) is 0 Å². The Morgan fingerprint density at radius 3 is 2.48 bits per heavy atom. The van der Waals surface area contributed by atoms with Gasteiger partial charge in [-0.3, -0.25) is 19.3 Å². The first-order chi connectivity index (χ1) is 10.0. The van der Waals surface area contributed by atoms with Crippen LogP contribution in [0.2, 0.25) is 0 Å². The summed E-state index contributed by atoms with van der Waals surface area (Å²) in [6, 6.07) is -0.569. The van der Waals surface area contributed by atoms with Crippen molar-refractivity contribution in [3.05, 3.63) is 0 Å². The lowest BCUT2D eigenvalue weighted by atomic mass is 10.1. The molecule has 118 valence electrons. The highest BCUT2D eigenvalue weighted by molar-refractivity contribution is 6.05. The average Bonchev–Trinajstić information content (AvgIpc) is 2.74. The number of piperidine rings is 1. The van der Waals surface area contributed by atoms with Gasteiger partial charge in [-0.2, -0.15) is 0 Å². The average molecular weight is 295 g/mol. The van der Waals surface area contributed by atoms with Gasteiger partial charge in [0.2, 0.25) is 17.7 Å².